The smallest absolute Gasteiger partial charge is 0.353 e. The Kier molecular flexibility index (Phi) is 5.27. The van der Waals surface area contributed by atoms with E-state index in [0.29, 0.717) is 5.02 Å². The molecular weight excluding hydrogens is 367 g/mol. The normalized spacial score (nSPS) is 16.6. The predicted octanol–water partition coefficient (Wildman–Crippen LogP) is 4.18. The van der Waals surface area contributed by atoms with Crippen LogP contribution < -0.4 is 5.32 Å². The summed E-state index contributed by atoms with van der Waals surface area (Å²) in [4.78, 5) is 12.9. The summed E-state index contributed by atoms with van der Waals surface area (Å²) in [5.74, 6) is -0.0967. The molecular formula is C18H19ClF3N3O. The maximum atomic E-state index is 12.9. The molecule has 1 aromatic heterocycles. The highest BCUT2D eigenvalue weighted by molar-refractivity contribution is 6.30. The quantitative estimate of drug-likeness (QED) is 0.839. The van der Waals surface area contributed by atoms with Crippen molar-refractivity contribution >= 4 is 17.5 Å². The number of rotatable bonds is 5. The van der Waals surface area contributed by atoms with Crippen molar-refractivity contribution in [3.63, 3.8) is 0 Å². The molecule has 0 aliphatic heterocycles. The first-order valence-electron chi connectivity index (χ1n) is 8.46. The Morgan fingerprint density at radius 3 is 2.42 bits per heavy atom. The maximum absolute atomic E-state index is 12.9. The van der Waals surface area contributed by atoms with Crippen molar-refractivity contribution in [1.82, 2.24) is 15.1 Å². The molecule has 4 nitrogen and oxygen atoms in total. The zero-order chi connectivity index (χ0) is 18.8. The van der Waals surface area contributed by atoms with Gasteiger partial charge in [-0.1, -0.05) is 36.6 Å². The molecule has 0 unspecified atom stereocenters. The second kappa shape index (κ2) is 7.31. The van der Waals surface area contributed by atoms with Gasteiger partial charge in [0, 0.05) is 17.8 Å². The molecule has 3 rings (SSSR count). The summed E-state index contributed by atoms with van der Waals surface area (Å²) in [6.45, 7) is 0.395. The third kappa shape index (κ3) is 3.87. The van der Waals surface area contributed by atoms with E-state index in [2.05, 4.69) is 10.4 Å². The Morgan fingerprint density at radius 2 is 1.85 bits per heavy atom. The van der Waals surface area contributed by atoms with Gasteiger partial charge in [-0.15, -0.1) is 0 Å². The van der Waals surface area contributed by atoms with E-state index in [1.54, 1.807) is 12.1 Å². The van der Waals surface area contributed by atoms with Gasteiger partial charge in [0.25, 0.3) is 0 Å². The summed E-state index contributed by atoms with van der Waals surface area (Å²) in [7, 11) is 0. The first kappa shape index (κ1) is 18.8. The number of nitrogens with one attached hydrogen (secondary N) is 1. The topological polar surface area (TPSA) is 46.9 Å². The van der Waals surface area contributed by atoms with Crippen molar-refractivity contribution in [2.24, 2.45) is 0 Å². The second-order valence-electron chi connectivity index (χ2n) is 6.51. The van der Waals surface area contributed by atoms with Gasteiger partial charge < -0.3 is 5.32 Å². The molecule has 2 aromatic rings. The van der Waals surface area contributed by atoms with Gasteiger partial charge in [-0.25, -0.2) is 0 Å². The monoisotopic (exact) mass is 385 g/mol. The van der Waals surface area contributed by atoms with Crippen molar-refractivity contribution in [3.8, 4) is 0 Å². The first-order chi connectivity index (χ1) is 12.3. The molecule has 1 heterocycles. The molecule has 1 fully saturated rings. The van der Waals surface area contributed by atoms with Crippen LogP contribution in [-0.2, 0) is 22.9 Å². The van der Waals surface area contributed by atoms with E-state index in [-0.39, 0.29) is 19.0 Å². The van der Waals surface area contributed by atoms with E-state index in [4.69, 9.17) is 11.6 Å². The minimum Gasteiger partial charge on any atom is -0.353 e. The number of amides is 1. The Labute approximate surface area is 154 Å². The fourth-order valence-electron chi connectivity index (χ4n) is 3.48. The Balaban J connectivity index is 1.64. The van der Waals surface area contributed by atoms with Gasteiger partial charge in [0.15, 0.2) is 5.69 Å². The zero-order valence-corrected chi connectivity index (χ0v) is 14.8. The first-order valence-corrected chi connectivity index (χ1v) is 8.84. The summed E-state index contributed by atoms with van der Waals surface area (Å²) in [5, 5.41) is 6.96. The summed E-state index contributed by atoms with van der Waals surface area (Å²) in [5.41, 5.74) is -0.598. The SMILES string of the molecule is O=C(NCCn1ccc(C(F)(F)F)n1)C1(c2ccc(Cl)cc2)CCCC1. The number of hydrogen-bond acceptors (Lipinski definition) is 2. The van der Waals surface area contributed by atoms with E-state index < -0.39 is 17.3 Å². The Bertz CT molecular complexity index is 765. The van der Waals surface area contributed by atoms with Crippen LogP contribution in [0.15, 0.2) is 36.5 Å². The van der Waals surface area contributed by atoms with Crippen LogP contribution >= 0.6 is 11.6 Å². The number of halogens is 4. The van der Waals surface area contributed by atoms with E-state index in [1.165, 1.54) is 10.9 Å². The van der Waals surface area contributed by atoms with E-state index in [9.17, 15) is 18.0 Å². The molecule has 0 radical (unpaired) electrons. The molecule has 0 saturated heterocycles. The lowest BCUT2D eigenvalue weighted by Gasteiger charge is -2.28. The maximum Gasteiger partial charge on any atom is 0.435 e. The zero-order valence-electron chi connectivity index (χ0n) is 14.0. The molecule has 1 amide bonds. The molecule has 26 heavy (non-hydrogen) atoms. The summed E-state index contributed by atoms with van der Waals surface area (Å²) in [6.07, 6.45) is 0.228. The molecule has 0 atom stereocenters. The standard InChI is InChI=1S/C18H19ClF3N3O/c19-14-5-3-13(4-6-14)17(8-1-2-9-17)16(26)23-10-12-25-11-7-15(24-25)18(20,21)22/h3-7,11H,1-2,8-10,12H2,(H,23,26). The average Bonchev–Trinajstić information content (AvgIpc) is 3.25. The Morgan fingerprint density at radius 1 is 1.19 bits per heavy atom. The van der Waals surface area contributed by atoms with Gasteiger partial charge in [-0.05, 0) is 36.6 Å². The van der Waals surface area contributed by atoms with Crippen LogP contribution in [0.5, 0.6) is 0 Å². The third-order valence-electron chi connectivity index (χ3n) is 4.85. The third-order valence-corrected chi connectivity index (χ3v) is 5.10. The molecule has 1 saturated carbocycles. The van der Waals surface area contributed by atoms with E-state index in [0.717, 1.165) is 37.3 Å². The molecule has 8 heteroatoms. The average molecular weight is 386 g/mol. The summed E-state index contributed by atoms with van der Waals surface area (Å²) >= 11 is 5.94. The van der Waals surface area contributed by atoms with Crippen molar-refractivity contribution < 1.29 is 18.0 Å². The van der Waals surface area contributed by atoms with Gasteiger partial charge in [-0.2, -0.15) is 18.3 Å². The number of alkyl halides is 3. The summed E-state index contributed by atoms with van der Waals surface area (Å²) in [6, 6.07) is 8.21. The van der Waals surface area contributed by atoms with E-state index in [1.807, 2.05) is 12.1 Å². The van der Waals surface area contributed by atoms with Crippen LogP contribution in [-0.4, -0.2) is 22.2 Å². The molecule has 1 aliphatic carbocycles. The van der Waals surface area contributed by atoms with Crippen molar-refractivity contribution in [2.75, 3.05) is 6.54 Å². The molecule has 140 valence electrons. The minimum atomic E-state index is -4.46. The highest BCUT2D eigenvalue weighted by Gasteiger charge is 2.42. The van der Waals surface area contributed by atoms with Crippen molar-refractivity contribution in [3.05, 3.63) is 52.8 Å². The lowest BCUT2D eigenvalue weighted by atomic mass is 9.78. The van der Waals surface area contributed by atoms with Crippen LogP contribution in [0.2, 0.25) is 5.02 Å². The van der Waals surface area contributed by atoms with E-state index >= 15 is 0 Å². The lowest BCUT2D eigenvalue weighted by Crippen LogP contribution is -2.43. The molecule has 1 aliphatic rings. The number of hydrogen-bond donors (Lipinski definition) is 1. The molecule has 1 aromatic carbocycles. The van der Waals surface area contributed by atoms with Gasteiger partial charge in [0.05, 0.1) is 12.0 Å². The lowest BCUT2D eigenvalue weighted by molar-refractivity contribution is -0.141. The molecule has 1 N–H and O–H groups in total. The van der Waals surface area contributed by atoms with Crippen LogP contribution in [0.4, 0.5) is 13.2 Å². The number of aromatic nitrogens is 2. The molecule has 0 bridgehead atoms. The number of nitrogens with zero attached hydrogens (tertiary/aromatic N) is 2. The minimum absolute atomic E-state index is 0.0967. The van der Waals surface area contributed by atoms with Crippen LogP contribution in [0.3, 0.4) is 0 Å². The summed E-state index contributed by atoms with van der Waals surface area (Å²) < 4.78 is 38.9. The highest BCUT2D eigenvalue weighted by Crippen LogP contribution is 2.41. The van der Waals surface area contributed by atoms with Gasteiger partial charge in [0.2, 0.25) is 5.91 Å². The molecule has 0 spiro atoms. The van der Waals surface area contributed by atoms with Crippen LogP contribution in [0.25, 0.3) is 0 Å². The fourth-order valence-corrected chi connectivity index (χ4v) is 3.61. The van der Waals surface area contributed by atoms with Crippen molar-refractivity contribution in [1.29, 1.82) is 0 Å². The van der Waals surface area contributed by atoms with Gasteiger partial charge in [0.1, 0.15) is 0 Å². The van der Waals surface area contributed by atoms with Crippen LogP contribution in [0.1, 0.15) is 36.9 Å². The second-order valence-corrected chi connectivity index (χ2v) is 6.95. The van der Waals surface area contributed by atoms with Crippen LogP contribution in [0, 0.1) is 0 Å². The number of carbonyl (C=O) groups excluding carboxylic acids is 1. The fraction of sp³-hybridized carbons (Fsp3) is 0.444. The Hall–Kier alpha value is -2.02. The largest absolute Gasteiger partial charge is 0.435 e. The highest BCUT2D eigenvalue weighted by atomic mass is 35.5. The number of carbonyl (C=O) groups is 1. The van der Waals surface area contributed by atoms with Gasteiger partial charge >= 0.3 is 6.18 Å². The van der Waals surface area contributed by atoms with Gasteiger partial charge in [-0.3, -0.25) is 9.48 Å². The van der Waals surface area contributed by atoms with Crippen molar-refractivity contribution in [2.45, 2.75) is 43.8 Å². The predicted molar refractivity (Wildman–Crippen MR) is 91.8 cm³/mol. The number of benzene rings is 1.